The van der Waals surface area contributed by atoms with Crippen LogP contribution in [0.25, 0.3) is 0 Å². The normalized spacial score (nSPS) is 10.2. The average Bonchev–Trinajstić information content (AvgIpc) is 2.36. The van der Waals surface area contributed by atoms with E-state index in [-0.39, 0.29) is 0 Å². The van der Waals surface area contributed by atoms with Gasteiger partial charge < -0.3 is 5.32 Å². The van der Waals surface area contributed by atoms with Crippen molar-refractivity contribution >= 4 is 33.5 Å². The molecule has 1 aromatic heterocycles. The molecule has 1 aromatic carbocycles. The summed E-state index contributed by atoms with van der Waals surface area (Å²) in [6.07, 6.45) is 0. The highest BCUT2D eigenvalue weighted by Gasteiger charge is 1.95. The van der Waals surface area contributed by atoms with Crippen molar-refractivity contribution in [1.82, 2.24) is 4.98 Å². The van der Waals surface area contributed by atoms with Crippen LogP contribution in [-0.4, -0.2) is 17.3 Å². The van der Waals surface area contributed by atoms with Gasteiger partial charge in [-0.25, -0.2) is 4.98 Å². The molecule has 0 aliphatic rings. The van der Waals surface area contributed by atoms with E-state index < -0.39 is 0 Å². The maximum atomic E-state index is 4.31. The molecule has 2 nitrogen and oxygen atoms in total. The van der Waals surface area contributed by atoms with E-state index in [1.165, 1.54) is 4.90 Å². The number of pyridine rings is 1. The first-order chi connectivity index (χ1) is 8.34. The molecule has 1 heterocycles. The quantitative estimate of drug-likeness (QED) is 0.512. The fourth-order valence-corrected chi connectivity index (χ4v) is 2.50. The lowest BCUT2D eigenvalue weighted by atomic mass is 10.4. The monoisotopic (exact) mass is 308 g/mol. The highest BCUT2D eigenvalue weighted by Crippen LogP contribution is 2.16. The third-order valence-corrected chi connectivity index (χ3v) is 3.59. The Balaban J connectivity index is 1.73. The predicted molar refractivity (Wildman–Crippen MR) is 77.6 cm³/mol. The van der Waals surface area contributed by atoms with Gasteiger partial charge >= 0.3 is 0 Å². The molecule has 0 aliphatic carbocycles. The minimum absolute atomic E-state index is 0.859. The zero-order valence-corrected chi connectivity index (χ0v) is 11.7. The Hall–Kier alpha value is -1.00. The maximum absolute atomic E-state index is 4.31. The number of hydrogen-bond donors (Lipinski definition) is 1. The number of halogens is 1. The number of rotatable bonds is 5. The van der Waals surface area contributed by atoms with Crippen LogP contribution in [0.2, 0.25) is 0 Å². The van der Waals surface area contributed by atoms with Gasteiger partial charge in [0.1, 0.15) is 10.4 Å². The number of nitrogens with one attached hydrogen (secondary N) is 1. The molecule has 0 amide bonds. The summed E-state index contributed by atoms with van der Waals surface area (Å²) in [5, 5.41) is 3.29. The molecule has 2 rings (SSSR count). The van der Waals surface area contributed by atoms with Crippen LogP contribution in [0, 0.1) is 0 Å². The smallest absolute Gasteiger partial charge is 0.127 e. The highest BCUT2D eigenvalue weighted by molar-refractivity contribution is 9.10. The molecule has 0 atom stereocenters. The largest absolute Gasteiger partial charge is 0.369 e. The summed E-state index contributed by atoms with van der Waals surface area (Å²) in [5.74, 6) is 1.94. The minimum atomic E-state index is 0.859. The third-order valence-electron chi connectivity index (χ3n) is 2.14. The lowest BCUT2D eigenvalue weighted by Gasteiger charge is -2.05. The second kappa shape index (κ2) is 6.67. The van der Waals surface area contributed by atoms with Crippen molar-refractivity contribution in [3.63, 3.8) is 0 Å². The molecule has 1 N–H and O–H groups in total. The van der Waals surface area contributed by atoms with Crippen LogP contribution in [-0.2, 0) is 0 Å². The zero-order chi connectivity index (χ0) is 11.9. The molecular formula is C13H13BrN2S. The highest BCUT2D eigenvalue weighted by atomic mass is 79.9. The number of aromatic nitrogens is 1. The van der Waals surface area contributed by atoms with Crippen LogP contribution in [0.4, 0.5) is 5.82 Å². The molecule has 4 heteroatoms. The second-order valence-electron chi connectivity index (χ2n) is 3.43. The lowest BCUT2D eigenvalue weighted by molar-refractivity contribution is 1.15. The summed E-state index contributed by atoms with van der Waals surface area (Å²) < 4.78 is 0.859. The predicted octanol–water partition coefficient (Wildman–Crippen LogP) is 4.05. The van der Waals surface area contributed by atoms with E-state index in [4.69, 9.17) is 0 Å². The lowest BCUT2D eigenvalue weighted by Crippen LogP contribution is -2.05. The Morgan fingerprint density at radius 1 is 1.06 bits per heavy atom. The number of benzene rings is 1. The zero-order valence-electron chi connectivity index (χ0n) is 9.27. The summed E-state index contributed by atoms with van der Waals surface area (Å²) in [7, 11) is 0. The van der Waals surface area contributed by atoms with Crippen LogP contribution < -0.4 is 5.32 Å². The Bertz CT molecular complexity index is 462. The van der Waals surface area contributed by atoms with Gasteiger partial charge in [-0.1, -0.05) is 24.3 Å². The van der Waals surface area contributed by atoms with Gasteiger partial charge in [0.15, 0.2) is 0 Å². The Morgan fingerprint density at radius 2 is 1.88 bits per heavy atom. The molecule has 0 radical (unpaired) electrons. The van der Waals surface area contributed by atoms with Gasteiger partial charge in [-0.05, 0) is 40.2 Å². The molecule has 17 heavy (non-hydrogen) atoms. The maximum Gasteiger partial charge on any atom is 0.127 e. The topological polar surface area (TPSA) is 24.9 Å². The Labute approximate surface area is 114 Å². The summed E-state index contributed by atoms with van der Waals surface area (Å²) in [6, 6.07) is 16.3. The van der Waals surface area contributed by atoms with Gasteiger partial charge in [0.05, 0.1) is 0 Å². The van der Waals surface area contributed by atoms with Crippen LogP contribution in [0.3, 0.4) is 0 Å². The van der Waals surface area contributed by atoms with E-state index in [1.807, 2.05) is 36.0 Å². The summed E-state index contributed by atoms with van der Waals surface area (Å²) in [6.45, 7) is 0.906. The fourth-order valence-electron chi connectivity index (χ4n) is 1.37. The van der Waals surface area contributed by atoms with E-state index in [0.29, 0.717) is 0 Å². The van der Waals surface area contributed by atoms with Crippen LogP contribution in [0.5, 0.6) is 0 Å². The van der Waals surface area contributed by atoms with Gasteiger partial charge in [0.2, 0.25) is 0 Å². The van der Waals surface area contributed by atoms with Crippen LogP contribution in [0.15, 0.2) is 58.0 Å². The van der Waals surface area contributed by atoms with Crippen molar-refractivity contribution in [2.75, 3.05) is 17.6 Å². The summed E-state index contributed by atoms with van der Waals surface area (Å²) >= 11 is 5.19. The van der Waals surface area contributed by atoms with Gasteiger partial charge in [-0.2, -0.15) is 0 Å². The molecule has 0 spiro atoms. The van der Waals surface area contributed by atoms with Crippen molar-refractivity contribution in [1.29, 1.82) is 0 Å². The standard InChI is InChI=1S/C13H13BrN2S/c14-12-7-4-8-13(16-12)15-9-10-17-11-5-2-1-3-6-11/h1-8H,9-10H2,(H,15,16). The van der Waals surface area contributed by atoms with E-state index in [0.717, 1.165) is 22.7 Å². The van der Waals surface area contributed by atoms with Crippen LogP contribution >= 0.6 is 27.7 Å². The van der Waals surface area contributed by atoms with E-state index >= 15 is 0 Å². The van der Waals surface area contributed by atoms with Gasteiger partial charge in [-0.15, -0.1) is 11.8 Å². The molecule has 0 saturated carbocycles. The summed E-state index contributed by atoms with van der Waals surface area (Å²) in [4.78, 5) is 5.62. The molecule has 0 fully saturated rings. The Morgan fingerprint density at radius 3 is 2.65 bits per heavy atom. The molecule has 0 bridgehead atoms. The third kappa shape index (κ3) is 4.40. The minimum Gasteiger partial charge on any atom is -0.369 e. The number of thioether (sulfide) groups is 1. The SMILES string of the molecule is Brc1cccc(NCCSc2ccccc2)n1. The first-order valence-corrected chi connectivity index (χ1v) is 7.17. The molecule has 88 valence electrons. The number of nitrogens with zero attached hydrogens (tertiary/aromatic N) is 1. The molecule has 0 saturated heterocycles. The number of hydrogen-bond acceptors (Lipinski definition) is 3. The second-order valence-corrected chi connectivity index (χ2v) is 5.41. The van der Waals surface area contributed by atoms with E-state index in [9.17, 15) is 0 Å². The van der Waals surface area contributed by atoms with Crippen molar-refractivity contribution in [3.05, 3.63) is 53.1 Å². The van der Waals surface area contributed by atoms with Gasteiger partial charge in [-0.3, -0.25) is 0 Å². The molecular weight excluding hydrogens is 296 g/mol. The Kier molecular flexibility index (Phi) is 4.88. The first kappa shape index (κ1) is 12.5. The van der Waals surface area contributed by atoms with E-state index in [2.05, 4.69) is 50.5 Å². The molecule has 0 aliphatic heterocycles. The molecule has 2 aromatic rings. The fraction of sp³-hybridized carbons (Fsp3) is 0.154. The van der Waals surface area contributed by atoms with E-state index in [1.54, 1.807) is 0 Å². The van der Waals surface area contributed by atoms with Crippen LogP contribution in [0.1, 0.15) is 0 Å². The molecule has 0 unspecified atom stereocenters. The van der Waals surface area contributed by atoms with Crippen molar-refractivity contribution in [2.45, 2.75) is 4.90 Å². The summed E-state index contributed by atoms with van der Waals surface area (Å²) in [5.41, 5.74) is 0. The van der Waals surface area contributed by atoms with Crippen molar-refractivity contribution in [3.8, 4) is 0 Å². The van der Waals surface area contributed by atoms with Crippen molar-refractivity contribution in [2.24, 2.45) is 0 Å². The van der Waals surface area contributed by atoms with Crippen molar-refractivity contribution < 1.29 is 0 Å². The first-order valence-electron chi connectivity index (χ1n) is 5.39. The average molecular weight is 309 g/mol. The number of anilines is 1. The van der Waals surface area contributed by atoms with Gasteiger partial charge in [0, 0.05) is 17.2 Å². The van der Waals surface area contributed by atoms with Gasteiger partial charge in [0.25, 0.3) is 0 Å².